The Bertz CT molecular complexity index is 788. The maximum absolute atomic E-state index is 12.9. The number of amides is 1. The SMILES string of the molecule is Cc1cc(C)c(CN2C(=O)CC3C(C=O)C(O[Si](C)(C)C(C)(C)C)CC32)c(C)c1. The fraction of sp³-hybridized carbons (Fsp3) is 0.667. The average molecular weight is 416 g/mol. The minimum atomic E-state index is -1.98. The highest BCUT2D eigenvalue weighted by Crippen LogP contribution is 2.47. The molecule has 1 saturated heterocycles. The van der Waals surface area contributed by atoms with Crippen LogP contribution >= 0.6 is 0 Å². The minimum Gasteiger partial charge on any atom is -0.413 e. The summed E-state index contributed by atoms with van der Waals surface area (Å²) in [7, 11) is -1.98. The Balaban J connectivity index is 1.84. The summed E-state index contributed by atoms with van der Waals surface area (Å²) in [5.41, 5.74) is 4.95. The normalized spacial score (nSPS) is 27.4. The van der Waals surface area contributed by atoms with E-state index in [0.717, 1.165) is 12.7 Å². The molecule has 4 atom stereocenters. The molecule has 1 amide bonds. The van der Waals surface area contributed by atoms with Crippen molar-refractivity contribution in [3.63, 3.8) is 0 Å². The van der Waals surface area contributed by atoms with Crippen molar-refractivity contribution in [3.05, 3.63) is 34.4 Å². The van der Waals surface area contributed by atoms with E-state index in [2.05, 4.69) is 66.8 Å². The molecule has 3 rings (SSSR count). The third kappa shape index (κ3) is 4.09. The molecule has 1 aliphatic carbocycles. The highest BCUT2D eigenvalue weighted by molar-refractivity contribution is 6.74. The summed E-state index contributed by atoms with van der Waals surface area (Å²) in [6.07, 6.45) is 2.23. The molecule has 160 valence electrons. The Kier molecular flexibility index (Phi) is 5.87. The van der Waals surface area contributed by atoms with Gasteiger partial charge in [-0.1, -0.05) is 38.5 Å². The van der Waals surface area contributed by atoms with Crippen LogP contribution in [-0.2, 0) is 20.6 Å². The van der Waals surface area contributed by atoms with Crippen molar-refractivity contribution in [2.24, 2.45) is 11.8 Å². The van der Waals surface area contributed by atoms with Gasteiger partial charge in [-0.15, -0.1) is 0 Å². The third-order valence-electron chi connectivity index (χ3n) is 7.60. The van der Waals surface area contributed by atoms with Crippen LogP contribution in [0.25, 0.3) is 0 Å². The van der Waals surface area contributed by atoms with Crippen LogP contribution in [0.5, 0.6) is 0 Å². The second kappa shape index (κ2) is 7.66. The number of fused-ring (bicyclic) bond motifs is 1. The van der Waals surface area contributed by atoms with Gasteiger partial charge in [0.05, 0.1) is 6.10 Å². The van der Waals surface area contributed by atoms with Gasteiger partial charge in [-0.25, -0.2) is 0 Å². The highest BCUT2D eigenvalue weighted by atomic mass is 28.4. The number of aryl methyl sites for hydroxylation is 3. The predicted molar refractivity (Wildman–Crippen MR) is 119 cm³/mol. The van der Waals surface area contributed by atoms with E-state index >= 15 is 0 Å². The first-order valence-electron chi connectivity index (χ1n) is 10.8. The molecule has 2 fully saturated rings. The molecule has 2 aliphatic rings. The number of hydrogen-bond acceptors (Lipinski definition) is 3. The number of rotatable bonds is 5. The summed E-state index contributed by atoms with van der Waals surface area (Å²) in [6.45, 7) is 18.2. The summed E-state index contributed by atoms with van der Waals surface area (Å²) in [5.74, 6) is 0.0844. The second-order valence-corrected chi connectivity index (χ2v) is 15.5. The molecule has 1 saturated carbocycles. The Hall–Kier alpha value is -1.46. The van der Waals surface area contributed by atoms with Crippen LogP contribution in [0.3, 0.4) is 0 Å². The van der Waals surface area contributed by atoms with Gasteiger partial charge >= 0.3 is 0 Å². The van der Waals surface area contributed by atoms with E-state index in [1.54, 1.807) is 0 Å². The van der Waals surface area contributed by atoms with Gasteiger partial charge in [-0.05, 0) is 62.0 Å². The fourth-order valence-corrected chi connectivity index (χ4v) is 6.31. The van der Waals surface area contributed by atoms with Crippen molar-refractivity contribution in [1.82, 2.24) is 4.90 Å². The maximum atomic E-state index is 12.9. The van der Waals surface area contributed by atoms with Gasteiger partial charge in [-0.3, -0.25) is 4.79 Å². The lowest BCUT2D eigenvalue weighted by Crippen LogP contribution is -2.45. The summed E-state index contributed by atoms with van der Waals surface area (Å²) in [6, 6.07) is 4.48. The Morgan fingerprint density at radius 2 is 1.76 bits per heavy atom. The lowest BCUT2D eigenvalue weighted by Gasteiger charge is -2.39. The number of carbonyl (C=O) groups excluding carboxylic acids is 2. The van der Waals surface area contributed by atoms with Gasteiger partial charge in [0.2, 0.25) is 5.91 Å². The number of hydrogen-bond donors (Lipinski definition) is 0. The van der Waals surface area contributed by atoms with Crippen molar-refractivity contribution in [1.29, 1.82) is 0 Å². The Labute approximate surface area is 177 Å². The number of likely N-dealkylation sites (tertiary alicyclic amines) is 1. The van der Waals surface area contributed by atoms with E-state index < -0.39 is 8.32 Å². The van der Waals surface area contributed by atoms with E-state index in [4.69, 9.17) is 4.43 Å². The average Bonchev–Trinajstić information content (AvgIpc) is 3.03. The molecule has 0 aromatic heterocycles. The molecular weight excluding hydrogens is 378 g/mol. The molecular formula is C24H37NO3Si. The first-order chi connectivity index (χ1) is 13.4. The zero-order valence-electron chi connectivity index (χ0n) is 19.3. The molecule has 0 radical (unpaired) electrons. The van der Waals surface area contributed by atoms with Gasteiger partial charge in [0.25, 0.3) is 0 Å². The number of carbonyl (C=O) groups is 2. The highest BCUT2D eigenvalue weighted by Gasteiger charge is 2.54. The van der Waals surface area contributed by atoms with Gasteiger partial charge in [0, 0.05) is 30.8 Å². The largest absolute Gasteiger partial charge is 0.413 e. The lowest BCUT2D eigenvalue weighted by atomic mass is 9.93. The van der Waals surface area contributed by atoms with Crippen LogP contribution in [0.2, 0.25) is 18.1 Å². The molecule has 4 nitrogen and oxygen atoms in total. The van der Waals surface area contributed by atoms with Crippen LogP contribution in [0.1, 0.15) is 55.9 Å². The Morgan fingerprint density at radius 1 is 1.17 bits per heavy atom. The molecule has 1 aromatic rings. The zero-order chi connectivity index (χ0) is 21.7. The second-order valence-electron chi connectivity index (χ2n) is 10.7. The van der Waals surface area contributed by atoms with E-state index in [9.17, 15) is 9.59 Å². The molecule has 29 heavy (non-hydrogen) atoms. The molecule has 1 aliphatic heterocycles. The smallest absolute Gasteiger partial charge is 0.223 e. The molecule has 0 bridgehead atoms. The van der Waals surface area contributed by atoms with Crippen molar-refractivity contribution in [2.45, 2.75) is 91.2 Å². The van der Waals surface area contributed by atoms with Gasteiger partial charge in [-0.2, -0.15) is 0 Å². The summed E-state index contributed by atoms with van der Waals surface area (Å²) < 4.78 is 6.67. The first kappa shape index (κ1) is 22.2. The Morgan fingerprint density at radius 3 is 2.28 bits per heavy atom. The summed E-state index contributed by atoms with van der Waals surface area (Å²) >= 11 is 0. The van der Waals surface area contributed by atoms with Crippen molar-refractivity contribution in [2.75, 3.05) is 0 Å². The first-order valence-corrected chi connectivity index (χ1v) is 13.8. The molecule has 0 spiro atoms. The quantitative estimate of drug-likeness (QED) is 0.505. The third-order valence-corrected chi connectivity index (χ3v) is 12.1. The van der Waals surface area contributed by atoms with Gasteiger partial charge in [0.1, 0.15) is 6.29 Å². The van der Waals surface area contributed by atoms with Crippen LogP contribution in [-0.4, -0.2) is 37.6 Å². The monoisotopic (exact) mass is 415 g/mol. The molecule has 0 N–H and O–H groups in total. The van der Waals surface area contributed by atoms with Crippen molar-refractivity contribution in [3.8, 4) is 0 Å². The van der Waals surface area contributed by atoms with Crippen LogP contribution in [0.4, 0.5) is 0 Å². The molecule has 4 unspecified atom stereocenters. The number of nitrogens with zero attached hydrogens (tertiary/aromatic N) is 1. The van der Waals surface area contributed by atoms with Crippen LogP contribution in [0, 0.1) is 32.6 Å². The van der Waals surface area contributed by atoms with E-state index in [-0.39, 0.29) is 34.9 Å². The van der Waals surface area contributed by atoms with E-state index in [1.807, 2.05) is 4.90 Å². The van der Waals surface area contributed by atoms with Gasteiger partial charge < -0.3 is 14.1 Å². The standard InChI is InChI=1S/C24H37NO3Si/c1-15-9-16(2)19(17(3)10-15)13-25-21-12-22(28-29(7,8)24(4,5)6)20(14-26)18(21)11-23(25)27/h9-10,14,18,20-22H,11-13H2,1-8H3. The number of aldehydes is 1. The predicted octanol–water partition coefficient (Wildman–Crippen LogP) is 4.94. The van der Waals surface area contributed by atoms with Crippen molar-refractivity contribution < 1.29 is 14.0 Å². The van der Waals surface area contributed by atoms with E-state index in [0.29, 0.717) is 13.0 Å². The summed E-state index contributed by atoms with van der Waals surface area (Å²) in [4.78, 5) is 26.9. The summed E-state index contributed by atoms with van der Waals surface area (Å²) in [5, 5.41) is 0.101. The molecule has 5 heteroatoms. The number of benzene rings is 1. The molecule has 1 heterocycles. The topological polar surface area (TPSA) is 46.6 Å². The van der Waals surface area contributed by atoms with E-state index in [1.165, 1.54) is 22.3 Å². The van der Waals surface area contributed by atoms with Crippen LogP contribution in [0.15, 0.2) is 12.1 Å². The van der Waals surface area contributed by atoms with Crippen LogP contribution < -0.4 is 0 Å². The lowest BCUT2D eigenvalue weighted by molar-refractivity contribution is -0.130. The minimum absolute atomic E-state index is 0.0702. The van der Waals surface area contributed by atoms with Gasteiger partial charge in [0.15, 0.2) is 8.32 Å². The maximum Gasteiger partial charge on any atom is 0.223 e. The molecule has 1 aromatic carbocycles. The fourth-order valence-electron chi connectivity index (χ4n) is 4.94. The van der Waals surface area contributed by atoms with Crippen molar-refractivity contribution >= 4 is 20.5 Å². The zero-order valence-corrected chi connectivity index (χ0v) is 20.3.